The molecular formula is C16H17N7O4S. The highest BCUT2D eigenvalue weighted by Crippen LogP contribution is 2.22. The molecule has 0 bridgehead atoms. The van der Waals surface area contributed by atoms with E-state index >= 15 is 0 Å². The zero-order chi connectivity index (χ0) is 19.7. The summed E-state index contributed by atoms with van der Waals surface area (Å²) in [5.74, 6) is -0.792. The number of nitrogens with one attached hydrogen (secondary N) is 1. The minimum absolute atomic E-state index is 0.0302. The van der Waals surface area contributed by atoms with Crippen molar-refractivity contribution in [2.75, 3.05) is 16.8 Å². The van der Waals surface area contributed by atoms with E-state index in [-0.39, 0.29) is 36.0 Å². The number of sulfone groups is 1. The second kappa shape index (κ2) is 7.11. The minimum Gasteiger partial charge on any atom is -0.321 e. The summed E-state index contributed by atoms with van der Waals surface area (Å²) in [6, 6.07) is 6.43. The van der Waals surface area contributed by atoms with Gasteiger partial charge >= 0.3 is 0 Å². The Morgan fingerprint density at radius 1 is 1.25 bits per heavy atom. The Morgan fingerprint density at radius 3 is 2.82 bits per heavy atom. The van der Waals surface area contributed by atoms with E-state index in [9.17, 15) is 18.0 Å². The lowest BCUT2D eigenvalue weighted by Crippen LogP contribution is -2.42. The minimum atomic E-state index is -3.16. The van der Waals surface area contributed by atoms with Gasteiger partial charge in [0.2, 0.25) is 5.91 Å². The van der Waals surface area contributed by atoms with Crippen molar-refractivity contribution in [3.05, 3.63) is 30.6 Å². The zero-order valence-electron chi connectivity index (χ0n) is 14.7. The van der Waals surface area contributed by atoms with Crippen LogP contribution in [0.15, 0.2) is 35.7 Å². The number of rotatable bonds is 4. The zero-order valence-corrected chi connectivity index (χ0v) is 15.5. The first-order valence-electron chi connectivity index (χ1n) is 8.66. The Balaban J connectivity index is 1.51. The van der Waals surface area contributed by atoms with E-state index in [0.29, 0.717) is 17.8 Å². The molecule has 2 amide bonds. The van der Waals surface area contributed by atoms with Crippen LogP contribution in [0.2, 0.25) is 0 Å². The van der Waals surface area contributed by atoms with Gasteiger partial charge in [-0.15, -0.1) is 5.10 Å². The molecule has 1 atom stereocenters. The number of tetrazole rings is 1. The van der Waals surface area contributed by atoms with Crippen LogP contribution < -0.4 is 5.32 Å². The fourth-order valence-corrected chi connectivity index (χ4v) is 4.89. The lowest BCUT2D eigenvalue weighted by molar-refractivity contribution is -0.133. The third kappa shape index (κ3) is 3.76. The molecule has 28 heavy (non-hydrogen) atoms. The SMILES string of the molecule is O=C(Nc1cccc(-n2cnnn2)c1)C1=NN(C2CCS(=O)(=O)C2)C(=O)CC1. The highest BCUT2D eigenvalue weighted by Gasteiger charge is 2.37. The Morgan fingerprint density at radius 2 is 2.11 bits per heavy atom. The van der Waals surface area contributed by atoms with Crippen molar-refractivity contribution in [2.45, 2.75) is 25.3 Å². The molecule has 2 aliphatic rings. The molecular weight excluding hydrogens is 386 g/mol. The van der Waals surface area contributed by atoms with Crippen LogP contribution in [0.1, 0.15) is 19.3 Å². The summed E-state index contributed by atoms with van der Waals surface area (Å²) in [5.41, 5.74) is 1.38. The van der Waals surface area contributed by atoms with Gasteiger partial charge < -0.3 is 5.32 Å². The average molecular weight is 403 g/mol. The molecule has 0 spiro atoms. The second-order valence-corrected chi connectivity index (χ2v) is 8.83. The molecule has 1 saturated heterocycles. The molecule has 0 radical (unpaired) electrons. The molecule has 3 heterocycles. The Kier molecular flexibility index (Phi) is 4.63. The molecule has 2 aliphatic heterocycles. The maximum atomic E-state index is 12.6. The van der Waals surface area contributed by atoms with Crippen LogP contribution in [0.3, 0.4) is 0 Å². The van der Waals surface area contributed by atoms with Crippen LogP contribution in [0.5, 0.6) is 0 Å². The number of hydrogen-bond acceptors (Lipinski definition) is 8. The number of benzene rings is 1. The molecule has 1 fully saturated rings. The van der Waals surface area contributed by atoms with Gasteiger partial charge in [-0.1, -0.05) is 6.07 Å². The van der Waals surface area contributed by atoms with Crippen LogP contribution in [0.4, 0.5) is 5.69 Å². The maximum absolute atomic E-state index is 12.6. The number of aromatic nitrogens is 4. The summed E-state index contributed by atoms with van der Waals surface area (Å²) in [4.78, 5) is 24.8. The van der Waals surface area contributed by atoms with Gasteiger partial charge in [0.05, 0.1) is 23.2 Å². The monoisotopic (exact) mass is 403 g/mol. The van der Waals surface area contributed by atoms with Crippen LogP contribution in [-0.2, 0) is 19.4 Å². The van der Waals surface area contributed by atoms with Crippen LogP contribution in [-0.4, -0.2) is 68.7 Å². The maximum Gasteiger partial charge on any atom is 0.271 e. The Hall–Kier alpha value is -3.15. The van der Waals surface area contributed by atoms with Crippen LogP contribution in [0, 0.1) is 0 Å². The normalized spacial score (nSPS) is 21.4. The lowest BCUT2D eigenvalue weighted by Gasteiger charge is -2.27. The third-order valence-electron chi connectivity index (χ3n) is 4.59. The topological polar surface area (TPSA) is 140 Å². The second-order valence-electron chi connectivity index (χ2n) is 6.60. The summed E-state index contributed by atoms with van der Waals surface area (Å²) >= 11 is 0. The number of hydrazone groups is 1. The lowest BCUT2D eigenvalue weighted by atomic mass is 10.1. The number of carbonyl (C=O) groups is 2. The molecule has 1 aromatic heterocycles. The first kappa shape index (κ1) is 18.2. The number of nitrogens with zero attached hydrogens (tertiary/aromatic N) is 6. The van der Waals surface area contributed by atoms with E-state index < -0.39 is 21.8 Å². The first-order chi connectivity index (χ1) is 13.4. The number of carbonyl (C=O) groups excluding carboxylic acids is 2. The highest BCUT2D eigenvalue weighted by atomic mass is 32.2. The molecule has 146 valence electrons. The van der Waals surface area contributed by atoms with Crippen molar-refractivity contribution >= 4 is 33.1 Å². The number of anilines is 1. The number of hydrogen-bond donors (Lipinski definition) is 1. The first-order valence-corrected chi connectivity index (χ1v) is 10.5. The van der Waals surface area contributed by atoms with Crippen LogP contribution in [0.25, 0.3) is 5.69 Å². The van der Waals surface area contributed by atoms with Gasteiger partial charge in [0, 0.05) is 18.5 Å². The fourth-order valence-electron chi connectivity index (χ4n) is 3.20. The van der Waals surface area contributed by atoms with Gasteiger partial charge in [-0.25, -0.2) is 18.1 Å². The largest absolute Gasteiger partial charge is 0.321 e. The van der Waals surface area contributed by atoms with Gasteiger partial charge in [0.25, 0.3) is 5.91 Å². The van der Waals surface area contributed by atoms with Crippen LogP contribution >= 0.6 is 0 Å². The molecule has 0 aliphatic carbocycles. The smallest absolute Gasteiger partial charge is 0.271 e. The van der Waals surface area contributed by atoms with E-state index in [0.717, 1.165) is 0 Å². The summed E-state index contributed by atoms with van der Waals surface area (Å²) in [6.45, 7) is 0. The molecule has 2 aromatic rings. The van der Waals surface area contributed by atoms with Crippen molar-refractivity contribution in [1.29, 1.82) is 0 Å². The van der Waals surface area contributed by atoms with E-state index in [1.165, 1.54) is 16.0 Å². The predicted molar refractivity (Wildman–Crippen MR) is 98.4 cm³/mol. The highest BCUT2D eigenvalue weighted by molar-refractivity contribution is 7.91. The summed E-state index contributed by atoms with van der Waals surface area (Å²) in [6.07, 6.45) is 2.09. The van der Waals surface area contributed by atoms with Crippen molar-refractivity contribution in [3.63, 3.8) is 0 Å². The van der Waals surface area contributed by atoms with Crippen molar-refractivity contribution in [2.24, 2.45) is 5.10 Å². The third-order valence-corrected chi connectivity index (χ3v) is 6.34. The molecule has 1 unspecified atom stereocenters. The molecule has 0 saturated carbocycles. The molecule has 4 rings (SSSR count). The van der Waals surface area contributed by atoms with E-state index in [1.807, 2.05) is 0 Å². The van der Waals surface area contributed by atoms with Gasteiger partial charge in [-0.3, -0.25) is 9.59 Å². The van der Waals surface area contributed by atoms with Crippen molar-refractivity contribution in [3.8, 4) is 5.69 Å². The fraction of sp³-hybridized carbons (Fsp3) is 0.375. The van der Waals surface area contributed by atoms with Gasteiger partial charge in [0.1, 0.15) is 12.0 Å². The Bertz CT molecular complexity index is 1050. The summed E-state index contributed by atoms with van der Waals surface area (Å²) < 4.78 is 24.8. The van der Waals surface area contributed by atoms with E-state index in [2.05, 4.69) is 25.9 Å². The summed E-state index contributed by atoms with van der Waals surface area (Å²) in [7, 11) is -3.16. The van der Waals surface area contributed by atoms with E-state index in [1.54, 1.807) is 24.3 Å². The number of amides is 2. The van der Waals surface area contributed by atoms with E-state index in [4.69, 9.17) is 0 Å². The molecule has 1 N–H and O–H groups in total. The quantitative estimate of drug-likeness (QED) is 0.743. The average Bonchev–Trinajstić information content (AvgIpc) is 3.32. The van der Waals surface area contributed by atoms with Gasteiger partial charge in [-0.2, -0.15) is 5.10 Å². The standard InChI is InChI=1S/C16H17N7O4S/c24-15-5-4-14(19-23(15)13-6-7-28(26,27)9-13)16(25)18-11-2-1-3-12(8-11)22-10-17-20-21-22/h1-3,8,10,13H,4-7,9H2,(H,18,25). The predicted octanol–water partition coefficient (Wildman–Crippen LogP) is -0.234. The Labute approximate surface area is 160 Å². The molecule has 11 nitrogen and oxygen atoms in total. The van der Waals surface area contributed by atoms with Gasteiger partial charge in [0.15, 0.2) is 9.84 Å². The van der Waals surface area contributed by atoms with Crippen molar-refractivity contribution in [1.82, 2.24) is 25.2 Å². The van der Waals surface area contributed by atoms with Gasteiger partial charge in [-0.05, 0) is 35.0 Å². The molecule has 12 heteroatoms. The summed E-state index contributed by atoms with van der Waals surface area (Å²) in [5, 5.41) is 19.0. The molecule has 1 aromatic carbocycles. The van der Waals surface area contributed by atoms with Crippen molar-refractivity contribution < 1.29 is 18.0 Å².